The summed E-state index contributed by atoms with van der Waals surface area (Å²) in [6, 6.07) is 0.768. The molecule has 0 aromatic heterocycles. The second kappa shape index (κ2) is 8.97. The molecule has 1 aliphatic rings. The first-order valence-corrected chi connectivity index (χ1v) is 6.68. The second-order valence-electron chi connectivity index (χ2n) is 4.62. The standard InChI is InChI=1S/C13H27NO2/c1-3-12-6-4-7-13(12)14-8-5-9-16-11-10-15-2/h12-14H,3-11H2,1-2H3. The zero-order valence-electron chi connectivity index (χ0n) is 10.8. The smallest absolute Gasteiger partial charge is 0.0700 e. The Kier molecular flexibility index (Phi) is 7.81. The highest BCUT2D eigenvalue weighted by molar-refractivity contribution is 4.81. The number of hydrogen-bond donors (Lipinski definition) is 1. The van der Waals surface area contributed by atoms with Crippen LogP contribution in [-0.4, -0.2) is 39.5 Å². The van der Waals surface area contributed by atoms with E-state index in [0.717, 1.165) is 38.1 Å². The van der Waals surface area contributed by atoms with Gasteiger partial charge in [0.25, 0.3) is 0 Å². The molecule has 0 radical (unpaired) electrons. The lowest BCUT2D eigenvalue weighted by Crippen LogP contribution is -2.33. The van der Waals surface area contributed by atoms with Crippen molar-refractivity contribution >= 4 is 0 Å². The molecule has 3 heteroatoms. The molecule has 1 saturated carbocycles. The van der Waals surface area contributed by atoms with Gasteiger partial charge in [0, 0.05) is 19.8 Å². The van der Waals surface area contributed by atoms with Crippen LogP contribution in [0.2, 0.25) is 0 Å². The van der Waals surface area contributed by atoms with Crippen LogP contribution in [-0.2, 0) is 9.47 Å². The lowest BCUT2D eigenvalue weighted by atomic mass is 10.0. The summed E-state index contributed by atoms with van der Waals surface area (Å²) in [5.74, 6) is 0.911. The third-order valence-corrected chi connectivity index (χ3v) is 3.49. The van der Waals surface area contributed by atoms with Crippen LogP contribution in [0.4, 0.5) is 0 Å². The third kappa shape index (κ3) is 5.28. The number of methoxy groups -OCH3 is 1. The SMILES string of the molecule is CCC1CCCC1NCCCOCCOC. The largest absolute Gasteiger partial charge is 0.382 e. The van der Waals surface area contributed by atoms with Crippen LogP contribution in [0.25, 0.3) is 0 Å². The summed E-state index contributed by atoms with van der Waals surface area (Å²) in [5.41, 5.74) is 0. The lowest BCUT2D eigenvalue weighted by molar-refractivity contribution is 0.0691. The fourth-order valence-corrected chi connectivity index (χ4v) is 2.50. The van der Waals surface area contributed by atoms with E-state index in [1.165, 1.54) is 25.7 Å². The number of rotatable bonds is 9. The summed E-state index contributed by atoms with van der Waals surface area (Å²) in [6.45, 7) is 5.66. The van der Waals surface area contributed by atoms with Crippen molar-refractivity contribution < 1.29 is 9.47 Å². The van der Waals surface area contributed by atoms with Gasteiger partial charge in [-0.05, 0) is 31.7 Å². The number of nitrogens with one attached hydrogen (secondary N) is 1. The molecule has 0 aliphatic heterocycles. The van der Waals surface area contributed by atoms with Crippen LogP contribution < -0.4 is 5.32 Å². The highest BCUT2D eigenvalue weighted by Gasteiger charge is 2.24. The predicted octanol–water partition coefficient (Wildman–Crippen LogP) is 2.21. The van der Waals surface area contributed by atoms with Gasteiger partial charge in [-0.15, -0.1) is 0 Å². The molecule has 0 amide bonds. The topological polar surface area (TPSA) is 30.5 Å². The maximum absolute atomic E-state index is 5.43. The van der Waals surface area contributed by atoms with Crippen molar-refractivity contribution in [3.63, 3.8) is 0 Å². The maximum atomic E-state index is 5.43. The molecule has 1 rings (SSSR count). The molecule has 0 saturated heterocycles. The molecule has 3 nitrogen and oxygen atoms in total. The highest BCUT2D eigenvalue weighted by Crippen LogP contribution is 2.27. The van der Waals surface area contributed by atoms with Crippen molar-refractivity contribution in [1.82, 2.24) is 5.32 Å². The summed E-state index contributed by atoms with van der Waals surface area (Å²) in [7, 11) is 1.70. The molecule has 1 aliphatic carbocycles. The molecule has 0 aromatic rings. The minimum absolute atomic E-state index is 0.702. The van der Waals surface area contributed by atoms with Crippen LogP contribution in [0.5, 0.6) is 0 Å². The van der Waals surface area contributed by atoms with Gasteiger partial charge in [0.15, 0.2) is 0 Å². The van der Waals surface area contributed by atoms with Gasteiger partial charge in [-0.25, -0.2) is 0 Å². The molecule has 1 fully saturated rings. The first-order chi connectivity index (χ1) is 7.88. The van der Waals surface area contributed by atoms with E-state index in [0.29, 0.717) is 6.61 Å². The Bertz CT molecular complexity index is 164. The van der Waals surface area contributed by atoms with Crippen molar-refractivity contribution in [3.05, 3.63) is 0 Å². The first kappa shape index (κ1) is 13.9. The van der Waals surface area contributed by atoms with Crippen LogP contribution in [0.15, 0.2) is 0 Å². The molecular formula is C13H27NO2. The third-order valence-electron chi connectivity index (χ3n) is 3.49. The van der Waals surface area contributed by atoms with E-state index in [9.17, 15) is 0 Å². The summed E-state index contributed by atoms with van der Waals surface area (Å²) >= 11 is 0. The van der Waals surface area contributed by atoms with E-state index < -0.39 is 0 Å². The van der Waals surface area contributed by atoms with Crippen molar-refractivity contribution in [3.8, 4) is 0 Å². The zero-order chi connectivity index (χ0) is 11.6. The van der Waals surface area contributed by atoms with Crippen LogP contribution in [0, 0.1) is 5.92 Å². The van der Waals surface area contributed by atoms with Gasteiger partial charge in [-0.3, -0.25) is 0 Å². The van der Waals surface area contributed by atoms with Crippen molar-refractivity contribution in [2.45, 2.75) is 45.1 Å². The molecule has 2 atom stereocenters. The second-order valence-corrected chi connectivity index (χ2v) is 4.62. The Morgan fingerprint density at radius 3 is 2.81 bits per heavy atom. The Morgan fingerprint density at radius 2 is 2.06 bits per heavy atom. The normalized spacial score (nSPS) is 25.1. The van der Waals surface area contributed by atoms with Crippen molar-refractivity contribution in [1.29, 1.82) is 0 Å². The Hall–Kier alpha value is -0.120. The molecule has 0 spiro atoms. The monoisotopic (exact) mass is 229 g/mol. The minimum atomic E-state index is 0.702. The molecule has 0 bridgehead atoms. The Morgan fingerprint density at radius 1 is 1.19 bits per heavy atom. The fraction of sp³-hybridized carbons (Fsp3) is 1.00. The zero-order valence-corrected chi connectivity index (χ0v) is 10.8. The van der Waals surface area contributed by atoms with Gasteiger partial charge >= 0.3 is 0 Å². The highest BCUT2D eigenvalue weighted by atomic mass is 16.5. The van der Waals surface area contributed by atoms with Crippen molar-refractivity contribution in [2.24, 2.45) is 5.92 Å². The average molecular weight is 229 g/mol. The van der Waals surface area contributed by atoms with Gasteiger partial charge in [0.05, 0.1) is 13.2 Å². The van der Waals surface area contributed by atoms with Gasteiger partial charge in [0.1, 0.15) is 0 Å². The van der Waals surface area contributed by atoms with E-state index in [-0.39, 0.29) is 0 Å². The fourth-order valence-electron chi connectivity index (χ4n) is 2.50. The molecule has 2 unspecified atom stereocenters. The van der Waals surface area contributed by atoms with E-state index in [1.807, 2.05) is 0 Å². The van der Waals surface area contributed by atoms with E-state index in [1.54, 1.807) is 7.11 Å². The van der Waals surface area contributed by atoms with Gasteiger partial charge < -0.3 is 14.8 Å². The molecular weight excluding hydrogens is 202 g/mol. The quantitative estimate of drug-likeness (QED) is 0.615. The molecule has 96 valence electrons. The van der Waals surface area contributed by atoms with E-state index in [4.69, 9.17) is 9.47 Å². The van der Waals surface area contributed by atoms with Crippen LogP contribution in [0.1, 0.15) is 39.0 Å². The summed E-state index contributed by atoms with van der Waals surface area (Å²) in [5, 5.41) is 3.66. The van der Waals surface area contributed by atoms with Gasteiger partial charge in [-0.1, -0.05) is 19.8 Å². The van der Waals surface area contributed by atoms with Crippen LogP contribution in [0.3, 0.4) is 0 Å². The summed E-state index contributed by atoms with van der Waals surface area (Å²) < 4.78 is 10.3. The Labute approximate surface area is 99.9 Å². The predicted molar refractivity (Wildman–Crippen MR) is 66.7 cm³/mol. The number of ether oxygens (including phenoxy) is 2. The molecule has 0 aromatic carbocycles. The average Bonchev–Trinajstić information content (AvgIpc) is 2.75. The molecule has 1 N–H and O–H groups in total. The Balaban J connectivity index is 1.90. The van der Waals surface area contributed by atoms with Gasteiger partial charge in [0.2, 0.25) is 0 Å². The van der Waals surface area contributed by atoms with E-state index >= 15 is 0 Å². The minimum Gasteiger partial charge on any atom is -0.382 e. The molecule has 16 heavy (non-hydrogen) atoms. The first-order valence-electron chi connectivity index (χ1n) is 6.68. The molecule has 0 heterocycles. The summed E-state index contributed by atoms with van der Waals surface area (Å²) in [4.78, 5) is 0. The van der Waals surface area contributed by atoms with Gasteiger partial charge in [-0.2, -0.15) is 0 Å². The lowest BCUT2D eigenvalue weighted by Gasteiger charge is -2.19. The summed E-state index contributed by atoms with van der Waals surface area (Å²) in [6.07, 6.45) is 6.61. The van der Waals surface area contributed by atoms with Crippen molar-refractivity contribution in [2.75, 3.05) is 33.5 Å². The van der Waals surface area contributed by atoms with Crippen LogP contribution >= 0.6 is 0 Å². The number of hydrogen-bond acceptors (Lipinski definition) is 3. The van der Waals surface area contributed by atoms with E-state index in [2.05, 4.69) is 12.2 Å². The maximum Gasteiger partial charge on any atom is 0.0700 e.